The first-order valence-electron chi connectivity index (χ1n) is 7.76. The lowest BCUT2D eigenvalue weighted by Crippen LogP contribution is -2.30. The van der Waals surface area contributed by atoms with Gasteiger partial charge in [-0.2, -0.15) is 10.2 Å². The average Bonchev–Trinajstić information content (AvgIpc) is 3.18. The Hall–Kier alpha value is -1.33. The number of aromatic amines is 1. The molecule has 1 aliphatic carbocycles. The number of nitrogens with one attached hydrogen (secondary N) is 1. The highest BCUT2D eigenvalue weighted by molar-refractivity contribution is 6.30. The predicted molar refractivity (Wildman–Crippen MR) is 81.6 cm³/mol. The summed E-state index contributed by atoms with van der Waals surface area (Å²) in [5.74, 6) is 0.739. The third-order valence-electron chi connectivity index (χ3n) is 4.55. The fourth-order valence-corrected chi connectivity index (χ4v) is 3.33. The highest BCUT2D eigenvalue weighted by Crippen LogP contribution is 2.41. The van der Waals surface area contributed by atoms with Crippen LogP contribution >= 0.6 is 11.6 Å². The Morgan fingerprint density at radius 3 is 2.86 bits per heavy atom. The molecule has 1 N–H and O–H groups in total. The molecule has 2 aliphatic rings. The molecule has 3 heterocycles. The second-order valence-electron chi connectivity index (χ2n) is 6.10. The highest BCUT2D eigenvalue weighted by Gasteiger charge is 2.30. The molecule has 21 heavy (non-hydrogen) atoms. The van der Waals surface area contributed by atoms with Crippen molar-refractivity contribution in [3.8, 4) is 0 Å². The van der Waals surface area contributed by atoms with Gasteiger partial charge in [0, 0.05) is 43.9 Å². The van der Waals surface area contributed by atoms with E-state index < -0.39 is 0 Å². The Balaban J connectivity index is 1.37. The van der Waals surface area contributed by atoms with Crippen molar-refractivity contribution in [2.24, 2.45) is 0 Å². The van der Waals surface area contributed by atoms with E-state index in [0.29, 0.717) is 5.02 Å². The van der Waals surface area contributed by atoms with Crippen LogP contribution in [-0.4, -0.2) is 44.5 Å². The smallest absolute Gasteiger partial charge is 0.0785 e. The second-order valence-corrected chi connectivity index (χ2v) is 6.54. The predicted octanol–water partition coefficient (Wildman–Crippen LogP) is 2.24. The molecule has 0 spiro atoms. The molecule has 1 fully saturated rings. The molecule has 4 rings (SSSR count). The van der Waals surface area contributed by atoms with Crippen LogP contribution in [0.15, 0.2) is 12.4 Å². The van der Waals surface area contributed by atoms with Crippen molar-refractivity contribution < 1.29 is 0 Å². The van der Waals surface area contributed by atoms with Crippen LogP contribution in [0.25, 0.3) is 0 Å². The van der Waals surface area contributed by atoms with Crippen molar-refractivity contribution in [1.29, 1.82) is 0 Å². The van der Waals surface area contributed by atoms with Crippen LogP contribution < -0.4 is 0 Å². The molecule has 0 amide bonds. The van der Waals surface area contributed by atoms with Gasteiger partial charge in [0.1, 0.15) is 0 Å². The maximum atomic E-state index is 5.90. The molecule has 2 aromatic heterocycles. The van der Waals surface area contributed by atoms with Crippen LogP contribution in [0.5, 0.6) is 0 Å². The Morgan fingerprint density at radius 2 is 2.10 bits per heavy atom. The summed E-state index contributed by atoms with van der Waals surface area (Å²) in [4.78, 5) is 2.51. The first-order chi connectivity index (χ1) is 10.3. The van der Waals surface area contributed by atoms with Crippen molar-refractivity contribution in [3.63, 3.8) is 0 Å². The van der Waals surface area contributed by atoms with Gasteiger partial charge in [-0.1, -0.05) is 11.6 Å². The van der Waals surface area contributed by atoms with Crippen LogP contribution in [0.1, 0.15) is 35.7 Å². The molecule has 6 heteroatoms. The monoisotopic (exact) mass is 305 g/mol. The quantitative estimate of drug-likeness (QED) is 0.942. The van der Waals surface area contributed by atoms with Crippen molar-refractivity contribution in [2.45, 2.75) is 38.1 Å². The zero-order valence-corrected chi connectivity index (χ0v) is 12.8. The molecule has 0 atom stereocenters. The topological polar surface area (TPSA) is 49.7 Å². The number of H-pyrrole nitrogens is 1. The van der Waals surface area contributed by atoms with E-state index in [2.05, 4.69) is 20.2 Å². The summed E-state index contributed by atoms with van der Waals surface area (Å²) in [5, 5.41) is 12.8. The first-order valence-corrected chi connectivity index (χ1v) is 8.14. The molecule has 2 aromatic rings. The number of aromatic nitrogens is 4. The second kappa shape index (κ2) is 5.46. The van der Waals surface area contributed by atoms with Crippen molar-refractivity contribution in [1.82, 2.24) is 24.9 Å². The molecular formula is C15H20ClN5. The fraction of sp³-hybridized carbons (Fsp3) is 0.600. The molecule has 0 radical (unpaired) electrons. The fourth-order valence-electron chi connectivity index (χ4n) is 3.18. The summed E-state index contributed by atoms with van der Waals surface area (Å²) in [6.07, 6.45) is 8.42. The van der Waals surface area contributed by atoms with E-state index in [1.165, 1.54) is 29.8 Å². The Bertz CT molecular complexity index is 628. The molecule has 5 nitrogen and oxygen atoms in total. The number of hydrogen-bond acceptors (Lipinski definition) is 3. The summed E-state index contributed by atoms with van der Waals surface area (Å²) in [5.41, 5.74) is 4.22. The lowest BCUT2D eigenvalue weighted by Gasteiger charge is -2.19. The van der Waals surface area contributed by atoms with Gasteiger partial charge in [-0.15, -0.1) is 0 Å². The van der Waals surface area contributed by atoms with Gasteiger partial charge in [-0.25, -0.2) is 0 Å². The summed E-state index contributed by atoms with van der Waals surface area (Å²) < 4.78 is 1.92. The normalized spacial score (nSPS) is 19.5. The van der Waals surface area contributed by atoms with Gasteiger partial charge in [0.25, 0.3) is 0 Å². The van der Waals surface area contributed by atoms with E-state index >= 15 is 0 Å². The SMILES string of the molecule is Clc1cnn(CCN2CCc3[nH]nc(C4CC4)c3CC2)c1. The van der Waals surface area contributed by atoms with Gasteiger partial charge in [0.05, 0.1) is 23.5 Å². The molecule has 0 bridgehead atoms. The minimum atomic E-state index is 0.709. The van der Waals surface area contributed by atoms with E-state index in [0.717, 1.165) is 44.9 Å². The van der Waals surface area contributed by atoms with Crippen molar-refractivity contribution >= 4 is 11.6 Å². The molecule has 0 unspecified atom stereocenters. The zero-order valence-electron chi connectivity index (χ0n) is 12.1. The van der Waals surface area contributed by atoms with Gasteiger partial charge in [-0.05, 0) is 24.8 Å². The van der Waals surface area contributed by atoms with E-state index in [-0.39, 0.29) is 0 Å². The molecule has 1 aliphatic heterocycles. The van der Waals surface area contributed by atoms with E-state index in [4.69, 9.17) is 11.6 Å². The van der Waals surface area contributed by atoms with Crippen LogP contribution in [0, 0.1) is 0 Å². The van der Waals surface area contributed by atoms with Crippen molar-refractivity contribution in [3.05, 3.63) is 34.4 Å². The number of hydrogen-bond donors (Lipinski definition) is 1. The van der Waals surface area contributed by atoms with Gasteiger partial charge in [0.2, 0.25) is 0 Å². The largest absolute Gasteiger partial charge is 0.301 e. The summed E-state index contributed by atoms with van der Waals surface area (Å²) in [7, 11) is 0. The Kier molecular flexibility index (Phi) is 3.47. The number of nitrogens with zero attached hydrogens (tertiary/aromatic N) is 4. The molecular weight excluding hydrogens is 286 g/mol. The van der Waals surface area contributed by atoms with Crippen LogP contribution in [0.3, 0.4) is 0 Å². The lowest BCUT2D eigenvalue weighted by molar-refractivity contribution is 0.270. The van der Waals surface area contributed by atoms with E-state index in [9.17, 15) is 0 Å². The van der Waals surface area contributed by atoms with Crippen LogP contribution in [0.4, 0.5) is 0 Å². The van der Waals surface area contributed by atoms with Crippen LogP contribution in [-0.2, 0) is 19.4 Å². The molecule has 0 saturated heterocycles. The van der Waals surface area contributed by atoms with Gasteiger partial charge in [-0.3, -0.25) is 9.78 Å². The molecule has 112 valence electrons. The minimum absolute atomic E-state index is 0.709. The highest BCUT2D eigenvalue weighted by atomic mass is 35.5. The Labute approximate surface area is 129 Å². The summed E-state index contributed by atoms with van der Waals surface area (Å²) in [6.45, 7) is 4.12. The van der Waals surface area contributed by atoms with E-state index in [1.54, 1.807) is 6.20 Å². The number of halogens is 1. The van der Waals surface area contributed by atoms with Gasteiger partial charge in [0.15, 0.2) is 0 Å². The van der Waals surface area contributed by atoms with Gasteiger partial charge < -0.3 is 4.90 Å². The van der Waals surface area contributed by atoms with Crippen LogP contribution in [0.2, 0.25) is 5.02 Å². The number of rotatable bonds is 4. The Morgan fingerprint density at radius 1 is 1.24 bits per heavy atom. The summed E-state index contributed by atoms with van der Waals surface area (Å²) in [6, 6.07) is 0. The molecule has 1 saturated carbocycles. The minimum Gasteiger partial charge on any atom is -0.301 e. The standard InChI is InChI=1S/C15H20ClN5/c16-12-9-17-21(10-12)8-7-20-5-3-13-14(4-6-20)18-19-15(13)11-1-2-11/h9-11H,1-8H2,(H,18,19). The summed E-state index contributed by atoms with van der Waals surface area (Å²) >= 11 is 5.90. The number of fused-ring (bicyclic) bond motifs is 1. The first kappa shape index (κ1) is 13.3. The lowest BCUT2D eigenvalue weighted by atomic mass is 10.1. The molecule has 0 aromatic carbocycles. The maximum absolute atomic E-state index is 5.90. The zero-order chi connectivity index (χ0) is 14.2. The maximum Gasteiger partial charge on any atom is 0.0785 e. The van der Waals surface area contributed by atoms with Gasteiger partial charge >= 0.3 is 0 Å². The van der Waals surface area contributed by atoms with Crippen molar-refractivity contribution in [2.75, 3.05) is 19.6 Å². The third kappa shape index (κ3) is 2.85. The third-order valence-corrected chi connectivity index (χ3v) is 4.75. The van der Waals surface area contributed by atoms with E-state index in [1.807, 2.05) is 10.9 Å². The average molecular weight is 306 g/mol.